The molecule has 1 aromatic rings. The van der Waals surface area contributed by atoms with Crippen LogP contribution in [0.25, 0.3) is 0 Å². The quantitative estimate of drug-likeness (QED) is 0.895. The molecule has 0 amide bonds. The van der Waals surface area contributed by atoms with Crippen molar-refractivity contribution in [2.75, 3.05) is 7.05 Å². The number of aryl methyl sites for hydroxylation is 1. The lowest BCUT2D eigenvalue weighted by Gasteiger charge is -2.38. The second kappa shape index (κ2) is 6.53. The van der Waals surface area contributed by atoms with E-state index in [1.807, 2.05) is 0 Å². The molecule has 1 aromatic carbocycles. The predicted molar refractivity (Wildman–Crippen MR) is 82.2 cm³/mol. The molecule has 0 aromatic heterocycles. The third kappa shape index (κ3) is 3.58. The van der Waals surface area contributed by atoms with Gasteiger partial charge < -0.3 is 5.73 Å². The fraction of sp³-hybridized carbons (Fsp3) is 0.647. The summed E-state index contributed by atoms with van der Waals surface area (Å²) in [6.07, 6.45) is 6.03. The van der Waals surface area contributed by atoms with Crippen molar-refractivity contribution in [3.8, 4) is 0 Å². The van der Waals surface area contributed by atoms with Gasteiger partial charge in [-0.2, -0.15) is 0 Å². The molecule has 1 aliphatic rings. The van der Waals surface area contributed by atoms with Crippen molar-refractivity contribution in [2.24, 2.45) is 5.73 Å². The first-order chi connectivity index (χ1) is 9.11. The molecular formula is C17H28N2. The maximum absolute atomic E-state index is 6.01. The van der Waals surface area contributed by atoms with E-state index in [4.69, 9.17) is 5.73 Å². The minimum atomic E-state index is 0.434. The molecular weight excluding hydrogens is 232 g/mol. The predicted octanol–water partition coefficient (Wildman–Crippen LogP) is 3.65. The van der Waals surface area contributed by atoms with E-state index in [1.165, 1.54) is 43.2 Å². The maximum Gasteiger partial charge on any atom is 0.0345 e. The molecule has 0 heterocycles. The average Bonchev–Trinajstić information content (AvgIpc) is 2.42. The van der Waals surface area contributed by atoms with Crippen molar-refractivity contribution in [3.05, 3.63) is 35.4 Å². The van der Waals surface area contributed by atoms with Crippen LogP contribution in [0.2, 0.25) is 0 Å². The van der Waals surface area contributed by atoms with E-state index in [0.717, 1.165) is 0 Å². The van der Waals surface area contributed by atoms with E-state index >= 15 is 0 Å². The molecule has 0 aliphatic heterocycles. The number of rotatable bonds is 4. The summed E-state index contributed by atoms with van der Waals surface area (Å²) in [5, 5.41) is 0. The Morgan fingerprint density at radius 3 is 2.26 bits per heavy atom. The van der Waals surface area contributed by atoms with Crippen LogP contribution in [0.4, 0.5) is 0 Å². The van der Waals surface area contributed by atoms with Crippen LogP contribution < -0.4 is 5.73 Å². The summed E-state index contributed by atoms with van der Waals surface area (Å²) in [5.41, 5.74) is 8.80. The highest BCUT2D eigenvalue weighted by Gasteiger charge is 2.26. The Labute approximate surface area is 118 Å². The van der Waals surface area contributed by atoms with Gasteiger partial charge in [0.1, 0.15) is 0 Å². The van der Waals surface area contributed by atoms with Crippen LogP contribution >= 0.6 is 0 Å². The van der Waals surface area contributed by atoms with E-state index in [1.54, 1.807) is 0 Å². The lowest BCUT2D eigenvalue weighted by atomic mass is 9.89. The van der Waals surface area contributed by atoms with E-state index < -0.39 is 0 Å². The highest BCUT2D eigenvalue weighted by molar-refractivity contribution is 5.24. The molecule has 2 N–H and O–H groups in total. The van der Waals surface area contributed by atoms with Crippen molar-refractivity contribution in [2.45, 2.75) is 64.1 Å². The average molecular weight is 260 g/mol. The van der Waals surface area contributed by atoms with Gasteiger partial charge >= 0.3 is 0 Å². The van der Waals surface area contributed by atoms with E-state index in [2.05, 4.69) is 50.1 Å². The molecule has 106 valence electrons. The topological polar surface area (TPSA) is 29.3 Å². The molecule has 1 unspecified atom stereocenters. The molecule has 19 heavy (non-hydrogen) atoms. The highest BCUT2D eigenvalue weighted by atomic mass is 15.2. The van der Waals surface area contributed by atoms with Crippen molar-refractivity contribution in [1.29, 1.82) is 0 Å². The van der Waals surface area contributed by atoms with Crippen molar-refractivity contribution in [3.63, 3.8) is 0 Å². The van der Waals surface area contributed by atoms with Crippen molar-refractivity contribution >= 4 is 0 Å². The minimum Gasteiger partial charge on any atom is -0.328 e. The molecule has 1 atom stereocenters. The Morgan fingerprint density at radius 1 is 1.16 bits per heavy atom. The molecule has 2 nitrogen and oxygen atoms in total. The van der Waals surface area contributed by atoms with Gasteiger partial charge in [-0.25, -0.2) is 0 Å². The second-order valence-corrected chi connectivity index (χ2v) is 6.07. The van der Waals surface area contributed by atoms with Crippen LogP contribution in [-0.2, 0) is 0 Å². The summed E-state index contributed by atoms with van der Waals surface area (Å²) in [7, 11) is 2.29. The van der Waals surface area contributed by atoms with E-state index in [-0.39, 0.29) is 0 Å². The van der Waals surface area contributed by atoms with Gasteiger partial charge in [0.15, 0.2) is 0 Å². The van der Waals surface area contributed by atoms with Gasteiger partial charge in [-0.05, 0) is 51.6 Å². The summed E-state index contributed by atoms with van der Waals surface area (Å²) < 4.78 is 0. The Kier molecular flexibility index (Phi) is 5.00. The largest absolute Gasteiger partial charge is 0.328 e. The maximum atomic E-state index is 6.01. The standard InChI is InChI=1S/C17H28N2/c1-4-17(14-7-5-13(2)6-8-14)19(3)16-11-9-15(18)10-12-16/h5-8,15-17H,4,9-12,18H2,1-3H3. The molecule has 2 rings (SSSR count). The van der Waals surface area contributed by atoms with Crippen LogP contribution in [0.5, 0.6) is 0 Å². The van der Waals surface area contributed by atoms with E-state index in [9.17, 15) is 0 Å². The number of benzene rings is 1. The Balaban J connectivity index is 2.06. The Bertz CT molecular complexity index is 377. The third-order valence-electron chi connectivity index (χ3n) is 4.66. The Hall–Kier alpha value is -0.860. The number of hydrogen-bond acceptors (Lipinski definition) is 2. The normalized spacial score (nSPS) is 25.5. The van der Waals surface area contributed by atoms with Gasteiger partial charge in [0.2, 0.25) is 0 Å². The van der Waals surface area contributed by atoms with Gasteiger partial charge in [-0.15, -0.1) is 0 Å². The van der Waals surface area contributed by atoms with Gasteiger partial charge in [0.05, 0.1) is 0 Å². The summed E-state index contributed by atoms with van der Waals surface area (Å²) >= 11 is 0. The monoisotopic (exact) mass is 260 g/mol. The van der Waals surface area contributed by atoms with Crippen LogP contribution in [0, 0.1) is 6.92 Å². The third-order valence-corrected chi connectivity index (χ3v) is 4.66. The summed E-state index contributed by atoms with van der Waals surface area (Å²) in [6, 6.07) is 10.7. The zero-order chi connectivity index (χ0) is 13.8. The van der Waals surface area contributed by atoms with Gasteiger partial charge in [0, 0.05) is 18.1 Å². The zero-order valence-corrected chi connectivity index (χ0v) is 12.6. The second-order valence-electron chi connectivity index (χ2n) is 6.07. The number of nitrogens with zero attached hydrogens (tertiary/aromatic N) is 1. The van der Waals surface area contributed by atoms with Crippen LogP contribution in [0.1, 0.15) is 56.2 Å². The van der Waals surface area contributed by atoms with Crippen LogP contribution in [-0.4, -0.2) is 24.0 Å². The van der Waals surface area contributed by atoms with E-state index in [0.29, 0.717) is 18.1 Å². The van der Waals surface area contributed by atoms with Crippen LogP contribution in [0.3, 0.4) is 0 Å². The summed E-state index contributed by atoms with van der Waals surface area (Å²) in [6.45, 7) is 4.44. The minimum absolute atomic E-state index is 0.434. The first-order valence-electron chi connectivity index (χ1n) is 7.66. The molecule has 0 spiro atoms. The molecule has 1 saturated carbocycles. The molecule has 1 aliphatic carbocycles. The molecule has 0 saturated heterocycles. The number of hydrogen-bond donors (Lipinski definition) is 1. The van der Waals surface area contributed by atoms with Gasteiger partial charge in [-0.3, -0.25) is 4.90 Å². The van der Waals surface area contributed by atoms with Crippen molar-refractivity contribution in [1.82, 2.24) is 4.90 Å². The summed E-state index contributed by atoms with van der Waals surface area (Å²) in [5.74, 6) is 0. The molecule has 0 radical (unpaired) electrons. The van der Waals surface area contributed by atoms with Crippen molar-refractivity contribution < 1.29 is 0 Å². The molecule has 2 heteroatoms. The SMILES string of the molecule is CCC(c1ccc(C)cc1)N(C)C1CCC(N)CC1. The fourth-order valence-corrected chi connectivity index (χ4v) is 3.31. The number of nitrogens with two attached hydrogens (primary N) is 1. The first-order valence-corrected chi connectivity index (χ1v) is 7.66. The molecule has 1 fully saturated rings. The zero-order valence-electron chi connectivity index (χ0n) is 12.6. The highest BCUT2D eigenvalue weighted by Crippen LogP contribution is 2.30. The Morgan fingerprint density at radius 2 is 1.74 bits per heavy atom. The smallest absolute Gasteiger partial charge is 0.0345 e. The lowest BCUT2D eigenvalue weighted by Crippen LogP contribution is -2.40. The fourth-order valence-electron chi connectivity index (χ4n) is 3.31. The van der Waals surface area contributed by atoms with Gasteiger partial charge in [-0.1, -0.05) is 36.8 Å². The molecule has 0 bridgehead atoms. The summed E-state index contributed by atoms with van der Waals surface area (Å²) in [4.78, 5) is 2.58. The van der Waals surface area contributed by atoms with Gasteiger partial charge in [0.25, 0.3) is 0 Å². The lowest BCUT2D eigenvalue weighted by molar-refractivity contribution is 0.128. The van der Waals surface area contributed by atoms with Crippen LogP contribution in [0.15, 0.2) is 24.3 Å². The first kappa shape index (κ1) is 14.5.